The van der Waals surface area contributed by atoms with E-state index in [-0.39, 0.29) is 21.9 Å². The maximum atomic E-state index is 11.5. The molecule has 6 nitrogen and oxygen atoms in total. The first kappa shape index (κ1) is 16.3. The molecule has 0 spiro atoms. The number of likely N-dealkylation sites (N-methyl/N-ethyl adjacent to an activating group) is 1. The SMILES string of the molecule is CNC(=O)/C(C#N)=C/c1ccc(-c2ccc(Cl)c(C(=O)[O-])c2)o1. The van der Waals surface area contributed by atoms with Gasteiger partial charge in [0.1, 0.15) is 23.2 Å². The maximum absolute atomic E-state index is 11.5. The number of halogens is 1. The average molecular weight is 330 g/mol. The number of aromatic carboxylic acids is 1. The number of carboxylic acid groups (broad SMARTS) is 1. The van der Waals surface area contributed by atoms with E-state index < -0.39 is 11.9 Å². The van der Waals surface area contributed by atoms with Crippen molar-refractivity contribution in [2.45, 2.75) is 0 Å². The highest BCUT2D eigenvalue weighted by atomic mass is 35.5. The fourth-order valence-corrected chi connectivity index (χ4v) is 2.04. The fraction of sp³-hybridized carbons (Fsp3) is 0.0625. The Bertz CT molecular complexity index is 846. The van der Waals surface area contributed by atoms with Crippen molar-refractivity contribution in [2.75, 3.05) is 7.05 Å². The number of carboxylic acids is 1. The molecule has 1 aromatic heterocycles. The predicted octanol–water partition coefficient (Wildman–Crippen LogP) is 1.62. The third-order valence-corrected chi connectivity index (χ3v) is 3.31. The van der Waals surface area contributed by atoms with E-state index in [9.17, 15) is 14.7 Å². The standard InChI is InChI=1S/C16H11ClN2O4/c1-19-15(20)10(8-18)6-11-3-5-14(23-11)9-2-4-13(17)12(7-9)16(21)22/h2-7H,1H3,(H,19,20)(H,21,22)/p-1/b10-6+. The van der Waals surface area contributed by atoms with E-state index in [1.807, 2.05) is 0 Å². The quantitative estimate of drug-likeness (QED) is 0.677. The molecule has 0 radical (unpaired) electrons. The molecule has 2 rings (SSSR count). The topological polar surface area (TPSA) is 106 Å². The molecule has 0 fully saturated rings. The second kappa shape index (κ2) is 6.81. The summed E-state index contributed by atoms with van der Waals surface area (Å²) in [5.74, 6) is -1.28. The van der Waals surface area contributed by atoms with Crippen LogP contribution in [0.1, 0.15) is 16.1 Å². The van der Waals surface area contributed by atoms with E-state index in [4.69, 9.17) is 21.3 Å². The first-order valence-corrected chi connectivity index (χ1v) is 6.79. The number of hydrogen-bond acceptors (Lipinski definition) is 5. The summed E-state index contributed by atoms with van der Waals surface area (Å²) in [5.41, 5.74) is 0.215. The number of nitrogens with zero attached hydrogens (tertiary/aromatic N) is 1. The Morgan fingerprint density at radius 1 is 1.35 bits per heavy atom. The second-order valence-electron chi connectivity index (χ2n) is 4.43. The number of nitrogens with one attached hydrogen (secondary N) is 1. The van der Waals surface area contributed by atoms with Crippen molar-refractivity contribution in [3.63, 3.8) is 0 Å². The summed E-state index contributed by atoms with van der Waals surface area (Å²) in [5, 5.41) is 22.3. The summed E-state index contributed by atoms with van der Waals surface area (Å²) >= 11 is 5.78. The molecule has 2 aromatic rings. The Hall–Kier alpha value is -3.04. The minimum Gasteiger partial charge on any atom is -0.545 e. The number of carbonyl (C=O) groups excluding carboxylic acids is 2. The molecular weight excluding hydrogens is 320 g/mol. The van der Waals surface area contributed by atoms with Crippen molar-refractivity contribution in [1.29, 1.82) is 5.26 Å². The highest BCUT2D eigenvalue weighted by molar-refractivity contribution is 6.33. The van der Waals surface area contributed by atoms with Crippen LogP contribution >= 0.6 is 11.6 Å². The van der Waals surface area contributed by atoms with Gasteiger partial charge < -0.3 is 19.6 Å². The lowest BCUT2D eigenvalue weighted by Gasteiger charge is -2.06. The Morgan fingerprint density at radius 3 is 2.70 bits per heavy atom. The van der Waals surface area contributed by atoms with Gasteiger partial charge in [0.25, 0.3) is 5.91 Å². The first-order valence-electron chi connectivity index (χ1n) is 6.41. The minimum absolute atomic E-state index is 0.0619. The fourth-order valence-electron chi connectivity index (χ4n) is 1.85. The molecule has 7 heteroatoms. The van der Waals surface area contributed by atoms with Crippen LogP contribution < -0.4 is 10.4 Å². The number of furan rings is 1. The highest BCUT2D eigenvalue weighted by Crippen LogP contribution is 2.27. The summed E-state index contributed by atoms with van der Waals surface area (Å²) in [6.45, 7) is 0. The van der Waals surface area contributed by atoms with E-state index >= 15 is 0 Å². The smallest absolute Gasteiger partial charge is 0.261 e. The van der Waals surface area contributed by atoms with E-state index in [0.29, 0.717) is 11.3 Å². The third-order valence-electron chi connectivity index (χ3n) is 2.98. The van der Waals surface area contributed by atoms with Crippen molar-refractivity contribution < 1.29 is 19.1 Å². The van der Waals surface area contributed by atoms with Gasteiger partial charge in [-0.25, -0.2) is 0 Å². The van der Waals surface area contributed by atoms with Gasteiger partial charge in [-0.2, -0.15) is 5.26 Å². The molecule has 1 aromatic carbocycles. The largest absolute Gasteiger partial charge is 0.545 e. The molecule has 0 atom stereocenters. The number of rotatable bonds is 4. The van der Waals surface area contributed by atoms with Crippen molar-refractivity contribution in [3.8, 4) is 17.4 Å². The van der Waals surface area contributed by atoms with Gasteiger partial charge >= 0.3 is 0 Å². The van der Waals surface area contributed by atoms with Gasteiger partial charge in [-0.3, -0.25) is 4.79 Å². The zero-order valence-electron chi connectivity index (χ0n) is 11.9. The number of benzene rings is 1. The summed E-state index contributed by atoms with van der Waals surface area (Å²) in [7, 11) is 1.41. The predicted molar refractivity (Wildman–Crippen MR) is 81.1 cm³/mol. The molecule has 0 aliphatic carbocycles. The number of nitriles is 1. The minimum atomic E-state index is -1.39. The van der Waals surface area contributed by atoms with Crippen molar-refractivity contribution >= 4 is 29.6 Å². The van der Waals surface area contributed by atoms with Crippen LogP contribution in [0.2, 0.25) is 5.02 Å². The third kappa shape index (κ3) is 3.59. The van der Waals surface area contributed by atoms with Crippen LogP contribution in [0.4, 0.5) is 0 Å². The molecule has 0 saturated carbocycles. The molecule has 1 N–H and O–H groups in total. The normalized spacial score (nSPS) is 10.9. The van der Waals surface area contributed by atoms with Gasteiger partial charge in [-0.1, -0.05) is 11.6 Å². The van der Waals surface area contributed by atoms with Gasteiger partial charge in [-0.15, -0.1) is 0 Å². The Morgan fingerprint density at radius 2 is 2.09 bits per heavy atom. The molecular formula is C16H10ClN2O4-. The van der Waals surface area contributed by atoms with Crippen LogP contribution in [0.25, 0.3) is 17.4 Å². The van der Waals surface area contributed by atoms with Crippen LogP contribution in [0.3, 0.4) is 0 Å². The molecule has 0 bridgehead atoms. The van der Waals surface area contributed by atoms with Crippen molar-refractivity contribution in [2.24, 2.45) is 0 Å². The number of carbonyl (C=O) groups is 2. The lowest BCUT2D eigenvalue weighted by molar-refractivity contribution is -0.255. The van der Waals surface area contributed by atoms with Gasteiger partial charge in [0.05, 0.1) is 5.97 Å². The summed E-state index contributed by atoms with van der Waals surface area (Å²) in [4.78, 5) is 22.4. The van der Waals surface area contributed by atoms with E-state index in [0.717, 1.165) is 0 Å². The number of hydrogen-bond donors (Lipinski definition) is 1. The van der Waals surface area contributed by atoms with Crippen molar-refractivity contribution in [1.82, 2.24) is 5.32 Å². The van der Waals surface area contributed by atoms with Gasteiger partial charge in [0.15, 0.2) is 0 Å². The zero-order valence-corrected chi connectivity index (χ0v) is 12.7. The highest BCUT2D eigenvalue weighted by Gasteiger charge is 2.11. The van der Waals surface area contributed by atoms with Crippen LogP contribution in [0.15, 0.2) is 40.3 Å². The number of amides is 1. The van der Waals surface area contributed by atoms with Crippen LogP contribution in [0, 0.1) is 11.3 Å². The Labute approximate surface area is 136 Å². The Kier molecular flexibility index (Phi) is 4.84. The second-order valence-corrected chi connectivity index (χ2v) is 4.84. The van der Waals surface area contributed by atoms with Crippen LogP contribution in [0.5, 0.6) is 0 Å². The van der Waals surface area contributed by atoms with E-state index in [1.54, 1.807) is 24.3 Å². The van der Waals surface area contributed by atoms with Gasteiger partial charge in [0.2, 0.25) is 0 Å². The summed E-state index contributed by atoms with van der Waals surface area (Å²) in [6, 6.07) is 9.25. The van der Waals surface area contributed by atoms with Crippen LogP contribution in [-0.4, -0.2) is 18.9 Å². The zero-order chi connectivity index (χ0) is 17.0. The molecule has 1 amide bonds. The molecule has 0 unspecified atom stereocenters. The monoisotopic (exact) mass is 329 g/mol. The van der Waals surface area contributed by atoms with Crippen molar-refractivity contribution in [3.05, 3.63) is 52.3 Å². The van der Waals surface area contributed by atoms with Gasteiger partial charge in [0, 0.05) is 29.3 Å². The Balaban J connectivity index is 2.39. The molecule has 0 saturated heterocycles. The summed E-state index contributed by atoms with van der Waals surface area (Å²) < 4.78 is 5.51. The molecule has 0 aliphatic heterocycles. The van der Waals surface area contributed by atoms with E-state index in [1.165, 1.54) is 25.3 Å². The van der Waals surface area contributed by atoms with Crippen LogP contribution in [-0.2, 0) is 4.79 Å². The lowest BCUT2D eigenvalue weighted by atomic mass is 10.1. The molecule has 0 aliphatic rings. The molecule has 23 heavy (non-hydrogen) atoms. The van der Waals surface area contributed by atoms with E-state index in [2.05, 4.69) is 5.32 Å². The molecule has 1 heterocycles. The molecule has 116 valence electrons. The summed E-state index contributed by atoms with van der Waals surface area (Å²) in [6.07, 6.45) is 1.29. The van der Waals surface area contributed by atoms with Gasteiger partial charge in [-0.05, 0) is 30.3 Å². The maximum Gasteiger partial charge on any atom is 0.261 e. The lowest BCUT2D eigenvalue weighted by Crippen LogP contribution is -2.22. The first-order chi connectivity index (χ1) is 11.0. The average Bonchev–Trinajstić information content (AvgIpc) is 3.00.